The smallest absolute Gasteiger partial charge is 0.157 e. The van der Waals surface area contributed by atoms with Crippen molar-refractivity contribution in [2.45, 2.75) is 13.0 Å². The summed E-state index contributed by atoms with van der Waals surface area (Å²) in [6.07, 6.45) is 6.56. The molecule has 8 nitrogen and oxygen atoms in total. The molecule has 1 atom stereocenters. The Kier molecular flexibility index (Phi) is 6.00. The van der Waals surface area contributed by atoms with Crippen LogP contribution in [0.1, 0.15) is 6.92 Å². The van der Waals surface area contributed by atoms with E-state index in [9.17, 15) is 0 Å². The van der Waals surface area contributed by atoms with Crippen molar-refractivity contribution in [2.24, 2.45) is 7.05 Å². The van der Waals surface area contributed by atoms with Gasteiger partial charge in [-0.25, -0.2) is 14.4 Å². The quantitative estimate of drug-likeness (QED) is 0.365. The first-order chi connectivity index (χ1) is 16.9. The van der Waals surface area contributed by atoms with Crippen molar-refractivity contribution < 1.29 is 9.13 Å². The number of hydrogen-bond donors (Lipinski definition) is 1. The second kappa shape index (κ2) is 9.27. The summed E-state index contributed by atoms with van der Waals surface area (Å²) in [4.78, 5) is 15.4. The van der Waals surface area contributed by atoms with Crippen molar-refractivity contribution in [3.8, 4) is 16.9 Å². The van der Waals surface area contributed by atoms with E-state index in [0.717, 1.165) is 17.7 Å². The van der Waals surface area contributed by atoms with E-state index < -0.39 is 5.82 Å². The first kappa shape index (κ1) is 22.7. The van der Waals surface area contributed by atoms with Crippen molar-refractivity contribution in [2.75, 3.05) is 26.0 Å². The Hall–Kier alpha value is -4.11. The monoisotopic (exact) mass is 471 g/mol. The number of benzene rings is 2. The number of nitrogens with zero attached hydrogens (tertiary/aromatic N) is 6. The van der Waals surface area contributed by atoms with Crippen LogP contribution in [0.5, 0.6) is 5.75 Å². The summed E-state index contributed by atoms with van der Waals surface area (Å²) in [7, 11) is 5.86. The first-order valence-corrected chi connectivity index (χ1v) is 11.3. The maximum absolute atomic E-state index is 15.3. The van der Waals surface area contributed by atoms with Gasteiger partial charge < -0.3 is 15.0 Å². The lowest BCUT2D eigenvalue weighted by Crippen LogP contribution is -2.28. The Morgan fingerprint density at radius 3 is 2.66 bits per heavy atom. The zero-order valence-corrected chi connectivity index (χ0v) is 20.0. The number of halogens is 1. The minimum atomic E-state index is -0.391. The van der Waals surface area contributed by atoms with Crippen LogP contribution in [0, 0.1) is 5.82 Å². The summed E-state index contributed by atoms with van der Waals surface area (Å²) in [6, 6.07) is 11.0. The van der Waals surface area contributed by atoms with Gasteiger partial charge in [-0.05, 0) is 50.8 Å². The maximum Gasteiger partial charge on any atom is 0.157 e. The summed E-state index contributed by atoms with van der Waals surface area (Å²) in [5.74, 6) is 0.654. The standard InChI is InChI=1S/C26H26FN7O/c1-16(13-33(2)3)35-23-10-17(18-11-31-34(4)14-18)9-21-24(23)26(30-15-29-21)32-22-12-28-20-8-6-5-7-19(20)25(22)27/h5-12,14-16H,13H2,1-4H3,(H,29,30,32)/t16-/m1/s1. The number of ether oxygens (including phenoxy) is 1. The van der Waals surface area contributed by atoms with E-state index in [4.69, 9.17) is 4.74 Å². The number of pyridine rings is 1. The van der Waals surface area contributed by atoms with E-state index in [1.54, 1.807) is 29.1 Å². The summed E-state index contributed by atoms with van der Waals surface area (Å²) >= 11 is 0. The molecule has 0 aliphatic heterocycles. The molecule has 5 rings (SSSR count). The highest BCUT2D eigenvalue weighted by Crippen LogP contribution is 2.37. The van der Waals surface area contributed by atoms with Gasteiger partial charge in [0, 0.05) is 30.7 Å². The van der Waals surface area contributed by atoms with Crippen LogP contribution in [0.15, 0.2) is 61.3 Å². The molecular weight excluding hydrogens is 445 g/mol. The normalized spacial score (nSPS) is 12.4. The minimum absolute atomic E-state index is 0.107. The number of aromatic nitrogens is 5. The van der Waals surface area contributed by atoms with Gasteiger partial charge in [-0.1, -0.05) is 12.1 Å². The van der Waals surface area contributed by atoms with Gasteiger partial charge >= 0.3 is 0 Å². The molecule has 0 saturated carbocycles. The van der Waals surface area contributed by atoms with E-state index in [2.05, 4.69) is 30.3 Å². The SMILES string of the molecule is C[C@H](CN(C)C)Oc1cc(-c2cnn(C)c2)cc2ncnc(Nc3cnc4ccccc4c3F)c12. The predicted molar refractivity (Wildman–Crippen MR) is 135 cm³/mol. The largest absolute Gasteiger partial charge is 0.489 e. The number of para-hydroxylation sites is 1. The van der Waals surface area contributed by atoms with Crippen molar-refractivity contribution in [3.05, 3.63) is 67.1 Å². The number of rotatable bonds is 7. The molecule has 0 saturated heterocycles. The summed E-state index contributed by atoms with van der Waals surface area (Å²) < 4.78 is 23.4. The third-order valence-electron chi connectivity index (χ3n) is 5.65. The van der Waals surface area contributed by atoms with Crippen molar-refractivity contribution in [1.29, 1.82) is 0 Å². The number of fused-ring (bicyclic) bond motifs is 2. The molecule has 1 N–H and O–H groups in total. The highest BCUT2D eigenvalue weighted by Gasteiger charge is 2.18. The molecule has 35 heavy (non-hydrogen) atoms. The molecule has 3 heterocycles. The fraction of sp³-hybridized carbons (Fsp3) is 0.231. The average Bonchev–Trinajstić information content (AvgIpc) is 3.26. The van der Waals surface area contributed by atoms with Gasteiger partial charge in [0.15, 0.2) is 5.82 Å². The van der Waals surface area contributed by atoms with Crippen molar-refractivity contribution in [1.82, 2.24) is 29.6 Å². The van der Waals surface area contributed by atoms with Crippen LogP contribution in [-0.2, 0) is 7.05 Å². The van der Waals surface area contributed by atoms with Gasteiger partial charge in [0.05, 0.1) is 34.5 Å². The topological polar surface area (TPSA) is 81.0 Å². The van der Waals surface area contributed by atoms with Crippen LogP contribution in [0.2, 0.25) is 0 Å². The number of aryl methyl sites for hydroxylation is 1. The van der Waals surface area contributed by atoms with E-state index >= 15 is 4.39 Å². The van der Waals surface area contributed by atoms with Crippen molar-refractivity contribution >= 4 is 33.3 Å². The van der Waals surface area contributed by atoms with Crippen molar-refractivity contribution in [3.63, 3.8) is 0 Å². The van der Waals surface area contributed by atoms with Crippen LogP contribution >= 0.6 is 0 Å². The van der Waals surface area contributed by atoms with Gasteiger partial charge in [-0.2, -0.15) is 5.10 Å². The van der Waals surface area contributed by atoms with E-state index in [1.165, 1.54) is 12.5 Å². The molecule has 3 aromatic heterocycles. The maximum atomic E-state index is 15.3. The Bertz CT molecular complexity index is 1510. The Morgan fingerprint density at radius 1 is 1.06 bits per heavy atom. The van der Waals surface area contributed by atoms with Gasteiger partial charge in [0.1, 0.15) is 24.0 Å². The van der Waals surface area contributed by atoms with Crippen LogP contribution < -0.4 is 10.1 Å². The van der Waals surface area contributed by atoms with E-state index in [1.807, 2.05) is 52.5 Å². The minimum Gasteiger partial charge on any atom is -0.489 e. The fourth-order valence-electron chi connectivity index (χ4n) is 4.17. The molecule has 178 valence electrons. The summed E-state index contributed by atoms with van der Waals surface area (Å²) in [6.45, 7) is 2.73. The molecule has 0 radical (unpaired) electrons. The molecule has 0 fully saturated rings. The third-order valence-corrected chi connectivity index (χ3v) is 5.65. The summed E-state index contributed by atoms with van der Waals surface area (Å²) in [5.41, 5.74) is 3.35. The van der Waals surface area contributed by atoms with Crippen LogP contribution in [-0.4, -0.2) is 56.4 Å². The van der Waals surface area contributed by atoms with Crippen LogP contribution in [0.4, 0.5) is 15.9 Å². The number of likely N-dealkylation sites (N-methyl/N-ethyl adjacent to an activating group) is 1. The summed E-state index contributed by atoms with van der Waals surface area (Å²) in [5, 5.41) is 8.52. The zero-order chi connectivity index (χ0) is 24.5. The van der Waals surface area contributed by atoms with Crippen LogP contribution in [0.25, 0.3) is 32.9 Å². The third kappa shape index (κ3) is 4.63. The molecule has 0 unspecified atom stereocenters. The van der Waals surface area contributed by atoms with Gasteiger partial charge in [-0.15, -0.1) is 0 Å². The number of nitrogens with one attached hydrogen (secondary N) is 1. The Morgan fingerprint density at radius 2 is 1.89 bits per heavy atom. The Labute approximate surface area is 202 Å². The molecule has 0 amide bonds. The second-order valence-electron chi connectivity index (χ2n) is 8.81. The molecular formula is C26H26FN7O. The Balaban J connectivity index is 1.63. The number of hydrogen-bond acceptors (Lipinski definition) is 7. The lowest BCUT2D eigenvalue weighted by atomic mass is 10.1. The molecule has 9 heteroatoms. The molecule has 0 spiro atoms. The van der Waals surface area contributed by atoms with Gasteiger partial charge in [0.25, 0.3) is 0 Å². The lowest BCUT2D eigenvalue weighted by Gasteiger charge is -2.21. The predicted octanol–water partition coefficient (Wildman–Crippen LogP) is 4.79. The van der Waals surface area contributed by atoms with E-state index in [0.29, 0.717) is 33.4 Å². The zero-order valence-electron chi connectivity index (χ0n) is 20.0. The van der Waals surface area contributed by atoms with E-state index in [-0.39, 0.29) is 11.8 Å². The second-order valence-corrected chi connectivity index (χ2v) is 8.81. The molecule has 5 aromatic rings. The van der Waals surface area contributed by atoms with Gasteiger partial charge in [-0.3, -0.25) is 9.67 Å². The molecule has 0 bridgehead atoms. The lowest BCUT2D eigenvalue weighted by molar-refractivity contribution is 0.179. The highest BCUT2D eigenvalue weighted by molar-refractivity contribution is 5.99. The molecule has 0 aliphatic rings. The molecule has 2 aromatic carbocycles. The highest BCUT2D eigenvalue weighted by atomic mass is 19.1. The average molecular weight is 472 g/mol. The number of anilines is 2. The van der Waals surface area contributed by atoms with Gasteiger partial charge in [0.2, 0.25) is 0 Å². The van der Waals surface area contributed by atoms with Crippen LogP contribution in [0.3, 0.4) is 0 Å². The molecule has 0 aliphatic carbocycles. The first-order valence-electron chi connectivity index (χ1n) is 11.3. The fourth-order valence-corrected chi connectivity index (χ4v) is 4.17.